The van der Waals surface area contributed by atoms with Crippen molar-refractivity contribution in [1.82, 2.24) is 24.8 Å². The first-order valence-corrected chi connectivity index (χ1v) is 11.2. The molecule has 174 valence electrons. The number of hydrogen-bond acceptors (Lipinski definition) is 6. The SMILES string of the molecule is Cc1[nH]c(C=C2C(=O)Nc3cccc(-c4cnc(N)nc4)c32)c(C)c1C(=O)N1CCN(C)CC1. The molecule has 1 saturated heterocycles. The van der Waals surface area contributed by atoms with Crippen molar-refractivity contribution >= 4 is 35.1 Å². The van der Waals surface area contributed by atoms with Crippen LogP contribution in [0.15, 0.2) is 30.6 Å². The van der Waals surface area contributed by atoms with Crippen molar-refractivity contribution in [2.75, 3.05) is 44.3 Å². The van der Waals surface area contributed by atoms with E-state index in [2.05, 4.69) is 32.2 Å². The van der Waals surface area contributed by atoms with E-state index >= 15 is 0 Å². The summed E-state index contributed by atoms with van der Waals surface area (Å²) in [5.74, 6) is 0.0220. The van der Waals surface area contributed by atoms with Gasteiger partial charge in [-0.25, -0.2) is 9.97 Å². The maximum Gasteiger partial charge on any atom is 0.256 e. The van der Waals surface area contributed by atoms with E-state index in [1.54, 1.807) is 12.4 Å². The smallest absolute Gasteiger partial charge is 0.256 e. The molecule has 9 heteroatoms. The second-order valence-corrected chi connectivity index (χ2v) is 8.83. The first-order chi connectivity index (χ1) is 16.3. The molecule has 0 bridgehead atoms. The molecular weight excluding hydrogens is 430 g/mol. The van der Waals surface area contributed by atoms with Gasteiger partial charge in [-0.3, -0.25) is 9.59 Å². The standard InChI is InChI=1S/C25H27N7O2/c1-14-20(29-15(2)21(14)24(34)32-9-7-31(3)8-10-32)11-18-22-17(16-12-27-25(26)28-13-16)5-4-6-19(22)30-23(18)33/h4-6,11-13,29H,7-10H2,1-3H3,(H,30,33)(H2,26,27,28). The summed E-state index contributed by atoms with van der Waals surface area (Å²) in [4.78, 5) is 41.9. The zero-order valence-corrected chi connectivity index (χ0v) is 19.5. The Labute approximate surface area is 197 Å². The zero-order chi connectivity index (χ0) is 24.0. The van der Waals surface area contributed by atoms with Gasteiger partial charge in [-0.05, 0) is 44.2 Å². The Morgan fingerprint density at radius 2 is 1.82 bits per heavy atom. The van der Waals surface area contributed by atoms with Crippen LogP contribution in [0, 0.1) is 13.8 Å². The van der Waals surface area contributed by atoms with E-state index in [-0.39, 0.29) is 17.8 Å². The summed E-state index contributed by atoms with van der Waals surface area (Å²) < 4.78 is 0. The minimum absolute atomic E-state index is 0.0278. The number of nitrogens with two attached hydrogens (primary N) is 1. The lowest BCUT2D eigenvalue weighted by atomic mass is 9.95. The lowest BCUT2D eigenvalue weighted by molar-refractivity contribution is -0.110. The lowest BCUT2D eigenvalue weighted by Crippen LogP contribution is -2.47. The fraction of sp³-hybridized carbons (Fsp3) is 0.280. The Hall–Kier alpha value is -3.98. The molecular formula is C25H27N7O2. The van der Waals surface area contributed by atoms with Crippen LogP contribution in [0.3, 0.4) is 0 Å². The molecule has 3 aromatic rings. The fourth-order valence-corrected chi connectivity index (χ4v) is 4.66. The van der Waals surface area contributed by atoms with E-state index in [1.807, 2.05) is 43.0 Å². The van der Waals surface area contributed by atoms with Gasteiger partial charge in [-0.15, -0.1) is 0 Å². The summed E-state index contributed by atoms with van der Waals surface area (Å²) in [5, 5.41) is 2.94. The number of anilines is 2. The van der Waals surface area contributed by atoms with Crippen molar-refractivity contribution in [3.8, 4) is 11.1 Å². The highest BCUT2D eigenvalue weighted by Gasteiger charge is 2.29. The minimum atomic E-state index is -0.197. The zero-order valence-electron chi connectivity index (χ0n) is 19.5. The number of nitrogens with one attached hydrogen (secondary N) is 2. The van der Waals surface area contributed by atoms with Crippen molar-refractivity contribution < 1.29 is 9.59 Å². The summed E-state index contributed by atoms with van der Waals surface area (Å²) in [6.45, 7) is 6.96. The number of aromatic amines is 1. The fourth-order valence-electron chi connectivity index (χ4n) is 4.66. The number of nitrogen functional groups attached to an aromatic ring is 1. The van der Waals surface area contributed by atoms with Crippen LogP contribution >= 0.6 is 0 Å². The summed E-state index contributed by atoms with van der Waals surface area (Å²) in [6, 6.07) is 5.67. The molecule has 0 atom stereocenters. The van der Waals surface area contributed by atoms with Gasteiger partial charge >= 0.3 is 0 Å². The number of carbonyl (C=O) groups is 2. The molecule has 0 aliphatic carbocycles. The molecule has 2 aliphatic rings. The number of amides is 2. The number of H-pyrrole nitrogens is 1. The lowest BCUT2D eigenvalue weighted by Gasteiger charge is -2.32. The van der Waals surface area contributed by atoms with E-state index in [4.69, 9.17) is 5.73 Å². The third-order valence-electron chi connectivity index (χ3n) is 6.58. The summed E-state index contributed by atoms with van der Waals surface area (Å²) >= 11 is 0. The Morgan fingerprint density at radius 3 is 2.53 bits per heavy atom. The largest absolute Gasteiger partial charge is 0.368 e. The number of aromatic nitrogens is 3. The number of likely N-dealkylation sites (N-methyl/N-ethyl adjacent to an activating group) is 1. The second-order valence-electron chi connectivity index (χ2n) is 8.83. The Balaban J connectivity index is 1.55. The van der Waals surface area contributed by atoms with Gasteiger partial charge < -0.3 is 25.8 Å². The van der Waals surface area contributed by atoms with Crippen LogP contribution in [0.4, 0.5) is 11.6 Å². The average molecular weight is 458 g/mol. The third kappa shape index (κ3) is 3.73. The number of aryl methyl sites for hydroxylation is 1. The molecule has 34 heavy (non-hydrogen) atoms. The predicted molar refractivity (Wildman–Crippen MR) is 132 cm³/mol. The van der Waals surface area contributed by atoms with E-state index < -0.39 is 0 Å². The van der Waals surface area contributed by atoms with Gasteiger partial charge in [0.25, 0.3) is 11.8 Å². The minimum Gasteiger partial charge on any atom is -0.368 e. The highest BCUT2D eigenvalue weighted by Crippen LogP contribution is 2.40. The first-order valence-electron chi connectivity index (χ1n) is 11.2. The van der Waals surface area contributed by atoms with Crippen LogP contribution in [-0.2, 0) is 4.79 Å². The Bertz CT molecular complexity index is 1320. The van der Waals surface area contributed by atoms with Crippen LogP contribution in [-0.4, -0.2) is 69.8 Å². The van der Waals surface area contributed by atoms with Crippen molar-refractivity contribution in [3.63, 3.8) is 0 Å². The quantitative estimate of drug-likeness (QED) is 0.520. The van der Waals surface area contributed by atoms with Crippen molar-refractivity contribution in [2.24, 2.45) is 0 Å². The molecule has 9 nitrogen and oxygen atoms in total. The topological polar surface area (TPSA) is 120 Å². The highest BCUT2D eigenvalue weighted by atomic mass is 16.2. The van der Waals surface area contributed by atoms with Gasteiger partial charge in [0.1, 0.15) is 0 Å². The number of nitrogens with zero attached hydrogens (tertiary/aromatic N) is 4. The van der Waals surface area contributed by atoms with Crippen LogP contribution in [0.2, 0.25) is 0 Å². The number of piperazine rings is 1. The maximum atomic E-state index is 13.3. The molecule has 1 fully saturated rings. The molecule has 2 aromatic heterocycles. The molecule has 4 heterocycles. The average Bonchev–Trinajstić information content (AvgIpc) is 3.29. The van der Waals surface area contributed by atoms with Gasteiger partial charge in [0.15, 0.2) is 0 Å². The highest BCUT2D eigenvalue weighted by molar-refractivity contribution is 6.36. The van der Waals surface area contributed by atoms with Gasteiger partial charge in [0, 0.05) is 66.8 Å². The van der Waals surface area contributed by atoms with E-state index in [0.717, 1.165) is 52.4 Å². The molecule has 2 amide bonds. The molecule has 0 spiro atoms. The number of benzene rings is 1. The summed E-state index contributed by atoms with van der Waals surface area (Å²) in [7, 11) is 2.06. The second kappa shape index (κ2) is 8.42. The van der Waals surface area contributed by atoms with Crippen LogP contribution in [0.5, 0.6) is 0 Å². The van der Waals surface area contributed by atoms with Crippen LogP contribution in [0.1, 0.15) is 32.9 Å². The normalized spacial score (nSPS) is 17.2. The first kappa shape index (κ1) is 21.8. The van der Waals surface area contributed by atoms with Gasteiger partial charge in [0.2, 0.25) is 5.95 Å². The molecule has 5 rings (SSSR count). The molecule has 0 unspecified atom stereocenters. The third-order valence-corrected chi connectivity index (χ3v) is 6.58. The molecule has 1 aromatic carbocycles. The van der Waals surface area contributed by atoms with Crippen molar-refractivity contribution in [1.29, 1.82) is 0 Å². The van der Waals surface area contributed by atoms with E-state index in [1.165, 1.54) is 0 Å². The predicted octanol–water partition coefficient (Wildman–Crippen LogP) is 2.55. The Morgan fingerprint density at radius 1 is 1.12 bits per heavy atom. The van der Waals surface area contributed by atoms with Gasteiger partial charge in [-0.1, -0.05) is 12.1 Å². The maximum absolute atomic E-state index is 13.3. The molecule has 2 aliphatic heterocycles. The Kier molecular flexibility index (Phi) is 5.41. The van der Waals surface area contributed by atoms with Crippen molar-refractivity contribution in [2.45, 2.75) is 13.8 Å². The molecule has 4 N–H and O–H groups in total. The van der Waals surface area contributed by atoms with E-state index in [0.29, 0.717) is 24.2 Å². The monoisotopic (exact) mass is 457 g/mol. The van der Waals surface area contributed by atoms with Crippen molar-refractivity contribution in [3.05, 3.63) is 58.7 Å². The number of carbonyl (C=O) groups excluding carboxylic acids is 2. The number of fused-ring (bicyclic) bond motifs is 1. The van der Waals surface area contributed by atoms with Crippen LogP contribution in [0.25, 0.3) is 22.8 Å². The number of rotatable bonds is 3. The van der Waals surface area contributed by atoms with Gasteiger partial charge in [0.05, 0.1) is 11.1 Å². The number of hydrogen-bond donors (Lipinski definition) is 3. The molecule has 0 saturated carbocycles. The van der Waals surface area contributed by atoms with E-state index in [9.17, 15) is 9.59 Å². The summed E-state index contributed by atoms with van der Waals surface area (Å²) in [6.07, 6.45) is 5.12. The van der Waals surface area contributed by atoms with Crippen LogP contribution < -0.4 is 11.1 Å². The molecule has 0 radical (unpaired) electrons. The summed E-state index contributed by atoms with van der Waals surface area (Å²) in [5.41, 5.74) is 12.3. The van der Waals surface area contributed by atoms with Gasteiger partial charge in [-0.2, -0.15) is 0 Å².